The number of aliphatic hydroxyl groups excluding tert-OH is 1. The molecule has 17 heteroatoms. The minimum absolute atomic E-state index is 0.00205. The van der Waals surface area contributed by atoms with Gasteiger partial charge in [-0.15, -0.1) is 0 Å². The number of hydrogen-bond donors (Lipinski definition) is 1. The topological polar surface area (TPSA) is 182 Å². The van der Waals surface area contributed by atoms with Gasteiger partial charge in [-0.3, -0.25) is 19.2 Å². The second-order valence-corrected chi connectivity index (χ2v) is 17.6. The van der Waals surface area contributed by atoms with Crippen LogP contribution in [0.15, 0.2) is 70.2 Å². The van der Waals surface area contributed by atoms with Gasteiger partial charge in [0.2, 0.25) is 20.0 Å². The monoisotopic (exact) mass is 798 g/mol. The second kappa shape index (κ2) is 16.4. The minimum Gasteiger partial charge on any atom is -0.515 e. The first kappa shape index (κ1) is 39.9. The van der Waals surface area contributed by atoms with E-state index in [4.69, 9.17) is 32.7 Å². The maximum Gasteiger partial charge on any atom is 0.309 e. The van der Waals surface area contributed by atoms with Gasteiger partial charge in [0.05, 0.1) is 47.1 Å². The third-order valence-corrected chi connectivity index (χ3v) is 14.2. The van der Waals surface area contributed by atoms with Crippen molar-refractivity contribution in [3.8, 4) is 0 Å². The molecule has 4 aliphatic heterocycles. The zero-order valence-corrected chi connectivity index (χ0v) is 31.7. The minimum atomic E-state index is -3.95. The summed E-state index contributed by atoms with van der Waals surface area (Å²) in [6.45, 7) is 3.94. The molecule has 6 rings (SSSR count). The Labute approximate surface area is 312 Å². The van der Waals surface area contributed by atoms with Crippen LogP contribution < -0.4 is 0 Å². The van der Waals surface area contributed by atoms with E-state index < -0.39 is 56.1 Å². The standard InChI is InChI=1S/C18H20ClNO6S.C17H20ClNO5S/c1-2-26-18(23)11-7-13-9-17(22)15(10-21)16(8-11)20(13)27(24,25)14-5-3-12(19)4-6-14;1-2-24-17(21)11-7-13-9-15(20)10-14(8-11)19(13)25(22,23)16-5-3-12(18)4-6-16/h3-6,10-11,13,16,21H,2,7-9H2,1H3;3-6,11,13-14H,2,7-10H2,1H3/b15-10-;. The quantitative estimate of drug-likeness (QED) is 0.219. The molecule has 4 saturated heterocycles. The van der Waals surface area contributed by atoms with Crippen molar-refractivity contribution < 1.29 is 50.6 Å². The van der Waals surface area contributed by atoms with Crippen molar-refractivity contribution in [1.29, 1.82) is 0 Å². The molecule has 1 N–H and O–H groups in total. The van der Waals surface area contributed by atoms with E-state index >= 15 is 0 Å². The zero-order valence-electron chi connectivity index (χ0n) is 28.5. The number of rotatable bonds is 8. The van der Waals surface area contributed by atoms with Crippen LogP contribution in [0.2, 0.25) is 10.0 Å². The van der Waals surface area contributed by atoms with E-state index in [9.17, 15) is 41.1 Å². The lowest BCUT2D eigenvalue weighted by Gasteiger charge is -2.46. The van der Waals surface area contributed by atoms with E-state index in [2.05, 4.69) is 0 Å². The van der Waals surface area contributed by atoms with Gasteiger partial charge in [-0.25, -0.2) is 16.8 Å². The smallest absolute Gasteiger partial charge is 0.309 e. The number of piperidine rings is 4. The number of fused-ring (bicyclic) bond motifs is 4. The van der Waals surface area contributed by atoms with E-state index in [1.54, 1.807) is 13.8 Å². The normalized spacial score (nSPS) is 27.3. The van der Waals surface area contributed by atoms with Crippen molar-refractivity contribution in [2.45, 2.75) is 92.8 Å². The number of ether oxygens (including phenoxy) is 2. The first-order valence-corrected chi connectivity index (χ1v) is 20.6. The molecule has 282 valence electrons. The van der Waals surface area contributed by atoms with Crippen LogP contribution in [0.25, 0.3) is 0 Å². The van der Waals surface area contributed by atoms with Crippen LogP contribution in [-0.4, -0.2) is 91.4 Å². The van der Waals surface area contributed by atoms with Crippen molar-refractivity contribution in [2.75, 3.05) is 13.2 Å². The van der Waals surface area contributed by atoms with Gasteiger partial charge >= 0.3 is 11.9 Å². The summed E-state index contributed by atoms with van der Waals surface area (Å²) in [5.74, 6) is -1.88. The first-order chi connectivity index (χ1) is 24.6. The van der Waals surface area contributed by atoms with Crippen LogP contribution in [0.1, 0.15) is 58.8 Å². The summed E-state index contributed by atoms with van der Waals surface area (Å²) in [7, 11) is -7.70. The number of sulfonamides is 2. The van der Waals surface area contributed by atoms with Gasteiger partial charge in [-0.05, 0) is 88.1 Å². The van der Waals surface area contributed by atoms with Crippen molar-refractivity contribution >= 4 is 66.8 Å². The van der Waals surface area contributed by atoms with Gasteiger partial charge in [-0.1, -0.05) is 23.2 Å². The Kier molecular flexibility index (Phi) is 12.5. The fourth-order valence-electron chi connectivity index (χ4n) is 7.60. The van der Waals surface area contributed by atoms with E-state index in [0.717, 1.165) is 0 Å². The Morgan fingerprint density at radius 2 is 1.12 bits per heavy atom. The Hall–Kier alpha value is -3.34. The molecule has 0 radical (unpaired) electrons. The molecule has 0 spiro atoms. The van der Waals surface area contributed by atoms with E-state index in [-0.39, 0.29) is 84.1 Å². The molecule has 5 atom stereocenters. The van der Waals surface area contributed by atoms with Crippen LogP contribution in [0, 0.1) is 11.8 Å². The largest absolute Gasteiger partial charge is 0.515 e. The maximum atomic E-state index is 13.2. The van der Waals surface area contributed by atoms with Gasteiger partial charge in [0.15, 0.2) is 5.78 Å². The summed E-state index contributed by atoms with van der Waals surface area (Å²) >= 11 is 11.7. The van der Waals surface area contributed by atoms with Crippen molar-refractivity contribution in [3.05, 3.63) is 70.4 Å². The molecule has 13 nitrogen and oxygen atoms in total. The van der Waals surface area contributed by atoms with Crippen molar-refractivity contribution in [2.24, 2.45) is 11.8 Å². The third kappa shape index (κ3) is 8.24. The zero-order chi connectivity index (χ0) is 38.0. The predicted molar refractivity (Wildman–Crippen MR) is 189 cm³/mol. The number of nitrogens with zero attached hydrogens (tertiary/aromatic N) is 2. The number of Topliss-reactive ketones (excluding diaryl/α,β-unsaturated/α-hetero) is 2. The number of hydrogen-bond acceptors (Lipinski definition) is 11. The Balaban J connectivity index is 0.000000202. The van der Waals surface area contributed by atoms with Crippen LogP contribution >= 0.6 is 23.2 Å². The molecule has 4 aliphatic rings. The molecule has 5 unspecified atom stereocenters. The summed E-state index contributed by atoms with van der Waals surface area (Å²) in [5, 5.41) is 10.4. The van der Waals surface area contributed by atoms with Crippen LogP contribution in [0.4, 0.5) is 0 Å². The number of halogens is 2. The molecule has 0 amide bonds. The Morgan fingerprint density at radius 1 is 0.712 bits per heavy atom. The number of benzene rings is 2. The van der Waals surface area contributed by atoms with Gasteiger partial charge in [0.1, 0.15) is 5.78 Å². The molecule has 2 aromatic carbocycles. The van der Waals surface area contributed by atoms with E-state index in [1.165, 1.54) is 57.1 Å². The highest BCUT2D eigenvalue weighted by molar-refractivity contribution is 7.89. The number of carbonyl (C=O) groups is 4. The summed E-state index contributed by atoms with van der Waals surface area (Å²) in [6.07, 6.45) is 1.75. The highest BCUT2D eigenvalue weighted by Gasteiger charge is 2.52. The molecular formula is C35H40Cl2N2O11S2. The number of carbonyl (C=O) groups excluding carboxylic acids is 4. The average Bonchev–Trinajstić information content (AvgIpc) is 3.08. The molecule has 2 aromatic rings. The molecule has 4 fully saturated rings. The molecule has 4 heterocycles. The fraction of sp³-hybridized carbons (Fsp3) is 0.486. The second-order valence-electron chi connectivity index (χ2n) is 13.1. The first-order valence-electron chi connectivity index (χ1n) is 16.9. The molecular weight excluding hydrogens is 759 g/mol. The molecule has 0 aliphatic carbocycles. The third-order valence-electron chi connectivity index (χ3n) is 9.75. The molecule has 4 bridgehead atoms. The lowest BCUT2D eigenvalue weighted by molar-refractivity contribution is -0.152. The van der Waals surface area contributed by atoms with Crippen LogP contribution in [-0.2, 0) is 48.7 Å². The fourth-order valence-corrected chi connectivity index (χ4v) is 11.5. The highest BCUT2D eigenvalue weighted by atomic mass is 35.5. The SMILES string of the molecule is CCOC(=O)C1CC2CC(=O)/C(=C\O)C(C1)N2S(=O)(=O)c1ccc(Cl)cc1.CCOC(=O)C1CC2CC(=O)CC(C1)N2S(=O)(=O)c1ccc(Cl)cc1. The van der Waals surface area contributed by atoms with Gasteiger partial charge in [0, 0.05) is 53.0 Å². The maximum absolute atomic E-state index is 13.2. The van der Waals surface area contributed by atoms with Crippen LogP contribution in [0.5, 0.6) is 0 Å². The summed E-state index contributed by atoms with van der Waals surface area (Å²) < 4.78 is 65.4. The van der Waals surface area contributed by atoms with Gasteiger partial charge in [-0.2, -0.15) is 8.61 Å². The van der Waals surface area contributed by atoms with Crippen molar-refractivity contribution in [3.63, 3.8) is 0 Å². The van der Waals surface area contributed by atoms with Gasteiger partial charge < -0.3 is 14.6 Å². The molecule has 0 aromatic heterocycles. The highest BCUT2D eigenvalue weighted by Crippen LogP contribution is 2.43. The lowest BCUT2D eigenvalue weighted by atomic mass is 9.77. The van der Waals surface area contributed by atoms with E-state index in [0.29, 0.717) is 29.1 Å². The molecule has 52 heavy (non-hydrogen) atoms. The number of esters is 2. The number of aliphatic hydroxyl groups is 1. The summed E-state index contributed by atoms with van der Waals surface area (Å²) in [4.78, 5) is 48.8. The summed E-state index contributed by atoms with van der Waals surface area (Å²) in [5.41, 5.74) is -0.00205. The predicted octanol–water partition coefficient (Wildman–Crippen LogP) is 4.86. The Morgan fingerprint density at radius 3 is 1.54 bits per heavy atom. The summed E-state index contributed by atoms with van der Waals surface area (Å²) in [6, 6.07) is 9.14. The number of ketones is 2. The van der Waals surface area contributed by atoms with Gasteiger partial charge in [0.25, 0.3) is 0 Å². The molecule has 0 saturated carbocycles. The average molecular weight is 800 g/mol. The van der Waals surface area contributed by atoms with Crippen molar-refractivity contribution in [1.82, 2.24) is 8.61 Å². The Bertz CT molecular complexity index is 1920. The lowest BCUT2D eigenvalue weighted by Crippen LogP contribution is -2.58. The van der Waals surface area contributed by atoms with Crippen LogP contribution in [0.3, 0.4) is 0 Å². The van der Waals surface area contributed by atoms with E-state index in [1.807, 2.05) is 0 Å².